The summed E-state index contributed by atoms with van der Waals surface area (Å²) in [7, 11) is 1.61. The molecule has 1 saturated heterocycles. The van der Waals surface area contributed by atoms with Gasteiger partial charge < -0.3 is 19.7 Å². The van der Waals surface area contributed by atoms with Gasteiger partial charge in [0.15, 0.2) is 0 Å². The SMILES string of the molecule is COc1ccc2c3c([nH]c2c1)[C@@H](CO)N(Cc1cc(F)ccc1F)CC31CN(C(C)=O)C1. The Morgan fingerprint density at radius 3 is 2.69 bits per heavy atom. The van der Waals surface area contributed by atoms with Crippen molar-refractivity contribution in [1.82, 2.24) is 14.8 Å². The number of likely N-dealkylation sites (tertiary alicyclic amines) is 1. The largest absolute Gasteiger partial charge is 0.497 e. The highest BCUT2D eigenvalue weighted by Gasteiger charge is 2.53. The maximum absolute atomic E-state index is 14.4. The summed E-state index contributed by atoms with van der Waals surface area (Å²) in [4.78, 5) is 19.2. The fourth-order valence-corrected chi connectivity index (χ4v) is 5.33. The van der Waals surface area contributed by atoms with Gasteiger partial charge in [-0.3, -0.25) is 9.69 Å². The molecule has 1 spiro atoms. The van der Waals surface area contributed by atoms with Crippen LogP contribution in [0.5, 0.6) is 5.75 Å². The van der Waals surface area contributed by atoms with Crippen molar-refractivity contribution in [3.63, 3.8) is 0 Å². The van der Waals surface area contributed by atoms with E-state index in [1.807, 2.05) is 23.1 Å². The molecule has 8 heteroatoms. The zero-order chi connectivity index (χ0) is 22.6. The number of nitrogens with one attached hydrogen (secondary N) is 1. The van der Waals surface area contributed by atoms with Crippen LogP contribution in [0.2, 0.25) is 0 Å². The minimum absolute atomic E-state index is 0.00527. The Morgan fingerprint density at radius 1 is 1.22 bits per heavy atom. The summed E-state index contributed by atoms with van der Waals surface area (Å²) < 4.78 is 33.6. The zero-order valence-corrected chi connectivity index (χ0v) is 18.0. The monoisotopic (exact) mass is 441 g/mol. The summed E-state index contributed by atoms with van der Waals surface area (Å²) in [5.74, 6) is -0.268. The Balaban J connectivity index is 1.62. The fraction of sp³-hybridized carbons (Fsp3) is 0.375. The molecule has 3 heterocycles. The van der Waals surface area contributed by atoms with Gasteiger partial charge in [0.05, 0.1) is 19.8 Å². The van der Waals surface area contributed by atoms with Gasteiger partial charge in [0.2, 0.25) is 5.91 Å². The Morgan fingerprint density at radius 2 is 2.00 bits per heavy atom. The highest BCUT2D eigenvalue weighted by molar-refractivity contribution is 5.88. The molecular formula is C24H25F2N3O3. The van der Waals surface area contributed by atoms with Crippen molar-refractivity contribution in [2.24, 2.45) is 0 Å². The first-order valence-corrected chi connectivity index (χ1v) is 10.6. The molecule has 6 nitrogen and oxygen atoms in total. The van der Waals surface area contributed by atoms with Crippen molar-refractivity contribution in [3.05, 3.63) is 64.9 Å². The van der Waals surface area contributed by atoms with E-state index in [0.717, 1.165) is 34.3 Å². The van der Waals surface area contributed by atoms with Gasteiger partial charge in [0.1, 0.15) is 17.4 Å². The standard InChI is InChI=1S/C24H25F2N3O3/c1-14(31)29-12-24(13-29)11-28(9-15-7-16(25)3-6-19(15)26)21(10-30)23-22(24)18-5-4-17(32-2)8-20(18)27-23/h3-8,21,27,30H,9-13H2,1-2H3/t21-/m1/s1. The Hall–Kier alpha value is -2.97. The lowest BCUT2D eigenvalue weighted by atomic mass is 9.68. The van der Waals surface area contributed by atoms with Gasteiger partial charge in [0.25, 0.3) is 0 Å². The van der Waals surface area contributed by atoms with E-state index in [1.165, 1.54) is 6.07 Å². The first-order chi connectivity index (χ1) is 15.3. The van der Waals surface area contributed by atoms with Crippen molar-refractivity contribution in [1.29, 1.82) is 0 Å². The molecule has 1 amide bonds. The number of carbonyl (C=O) groups excluding carboxylic acids is 1. The lowest BCUT2D eigenvalue weighted by molar-refractivity contribution is -0.138. The van der Waals surface area contributed by atoms with E-state index in [9.17, 15) is 18.7 Å². The van der Waals surface area contributed by atoms with Crippen LogP contribution < -0.4 is 4.74 Å². The number of nitrogens with zero attached hydrogens (tertiary/aromatic N) is 2. The van der Waals surface area contributed by atoms with Gasteiger partial charge in [-0.25, -0.2) is 8.78 Å². The van der Waals surface area contributed by atoms with E-state index < -0.39 is 17.7 Å². The number of ether oxygens (including phenoxy) is 1. The maximum Gasteiger partial charge on any atom is 0.219 e. The number of H-pyrrole nitrogens is 1. The molecule has 1 atom stereocenters. The van der Waals surface area contributed by atoms with Crippen molar-refractivity contribution >= 4 is 16.8 Å². The summed E-state index contributed by atoms with van der Waals surface area (Å²) in [6.45, 7) is 3.11. The predicted octanol–water partition coefficient (Wildman–Crippen LogP) is 3.10. The number of benzene rings is 2. The zero-order valence-electron chi connectivity index (χ0n) is 18.0. The van der Waals surface area contributed by atoms with E-state index in [4.69, 9.17) is 4.74 Å². The van der Waals surface area contributed by atoms with Crippen molar-refractivity contribution in [3.8, 4) is 5.75 Å². The quantitative estimate of drug-likeness (QED) is 0.653. The minimum Gasteiger partial charge on any atom is -0.497 e. The molecule has 2 N–H and O–H groups in total. The Labute approximate surface area is 184 Å². The molecule has 1 fully saturated rings. The molecule has 5 rings (SSSR count). The summed E-state index contributed by atoms with van der Waals surface area (Å²) in [5.41, 5.74) is 2.70. The van der Waals surface area contributed by atoms with Gasteiger partial charge >= 0.3 is 0 Å². The van der Waals surface area contributed by atoms with Crippen molar-refractivity contribution in [2.75, 3.05) is 33.4 Å². The summed E-state index contributed by atoms with van der Waals surface area (Å²) in [6, 6.07) is 8.81. The highest BCUT2D eigenvalue weighted by Crippen LogP contribution is 2.49. The van der Waals surface area contributed by atoms with Crippen LogP contribution in [-0.2, 0) is 16.8 Å². The Kier molecular flexibility index (Phi) is 4.94. The molecule has 0 saturated carbocycles. The predicted molar refractivity (Wildman–Crippen MR) is 115 cm³/mol. The number of carbonyl (C=O) groups is 1. The topological polar surface area (TPSA) is 68.8 Å². The molecule has 0 unspecified atom stereocenters. The summed E-state index contributed by atoms with van der Waals surface area (Å²) in [5, 5.41) is 11.3. The van der Waals surface area contributed by atoms with Crippen LogP contribution in [0.25, 0.3) is 10.9 Å². The summed E-state index contributed by atoms with van der Waals surface area (Å²) >= 11 is 0. The number of rotatable bonds is 4. The lowest BCUT2D eigenvalue weighted by Crippen LogP contribution is -2.67. The molecule has 0 bridgehead atoms. The fourth-order valence-electron chi connectivity index (χ4n) is 5.33. The third-order valence-electron chi connectivity index (χ3n) is 6.83. The number of aliphatic hydroxyl groups is 1. The number of aromatic nitrogens is 1. The third-order valence-corrected chi connectivity index (χ3v) is 6.83. The molecule has 2 aromatic carbocycles. The average molecular weight is 441 g/mol. The smallest absolute Gasteiger partial charge is 0.219 e. The molecule has 3 aromatic rings. The van der Waals surface area contributed by atoms with Gasteiger partial charge in [-0.05, 0) is 35.9 Å². The number of aliphatic hydroxyl groups excluding tert-OH is 1. The van der Waals surface area contributed by atoms with Crippen LogP contribution in [0.3, 0.4) is 0 Å². The molecule has 1 aromatic heterocycles. The minimum atomic E-state index is -0.501. The second kappa shape index (κ2) is 7.56. The Bertz CT molecular complexity index is 1200. The number of aromatic amines is 1. The van der Waals surface area contributed by atoms with Crippen LogP contribution in [0.15, 0.2) is 36.4 Å². The normalized spacial score (nSPS) is 19.8. The van der Waals surface area contributed by atoms with Gasteiger partial charge in [-0.2, -0.15) is 0 Å². The van der Waals surface area contributed by atoms with Crippen LogP contribution >= 0.6 is 0 Å². The van der Waals surface area contributed by atoms with Crippen molar-refractivity contribution in [2.45, 2.75) is 24.9 Å². The molecule has 168 valence electrons. The molecule has 0 radical (unpaired) electrons. The van der Waals surface area contributed by atoms with E-state index in [2.05, 4.69) is 4.98 Å². The first kappa shape index (κ1) is 20.9. The molecule has 2 aliphatic heterocycles. The number of methoxy groups -OCH3 is 1. The summed E-state index contributed by atoms with van der Waals surface area (Å²) in [6.07, 6.45) is 0. The van der Waals surface area contributed by atoms with E-state index >= 15 is 0 Å². The van der Waals surface area contributed by atoms with Crippen LogP contribution in [0.4, 0.5) is 8.78 Å². The van der Waals surface area contributed by atoms with Gasteiger partial charge in [-0.1, -0.05) is 0 Å². The first-order valence-electron chi connectivity index (χ1n) is 10.6. The van der Waals surface area contributed by atoms with Crippen molar-refractivity contribution < 1.29 is 23.4 Å². The van der Waals surface area contributed by atoms with Crippen LogP contribution in [-0.4, -0.2) is 59.1 Å². The molecular weight excluding hydrogens is 416 g/mol. The van der Waals surface area contributed by atoms with Gasteiger partial charge in [0, 0.05) is 66.7 Å². The average Bonchev–Trinajstić information content (AvgIpc) is 3.12. The third kappa shape index (κ3) is 3.17. The van der Waals surface area contributed by atoms with E-state index in [-0.39, 0.29) is 30.0 Å². The number of halogens is 2. The van der Waals surface area contributed by atoms with E-state index in [1.54, 1.807) is 18.9 Å². The number of hydrogen-bond acceptors (Lipinski definition) is 4. The van der Waals surface area contributed by atoms with Gasteiger partial charge in [-0.15, -0.1) is 0 Å². The highest BCUT2D eigenvalue weighted by atomic mass is 19.1. The second-order valence-electron chi connectivity index (χ2n) is 8.82. The molecule has 32 heavy (non-hydrogen) atoms. The number of amides is 1. The second-order valence-corrected chi connectivity index (χ2v) is 8.82. The lowest BCUT2D eigenvalue weighted by Gasteiger charge is -2.56. The molecule has 0 aliphatic carbocycles. The van der Waals surface area contributed by atoms with E-state index in [0.29, 0.717) is 25.4 Å². The van der Waals surface area contributed by atoms with Crippen LogP contribution in [0, 0.1) is 11.6 Å². The molecule has 2 aliphatic rings. The maximum atomic E-state index is 14.4. The van der Waals surface area contributed by atoms with Crippen LogP contribution in [0.1, 0.15) is 29.8 Å². The number of hydrogen-bond donors (Lipinski definition) is 2. The number of fused-ring (bicyclic) bond motifs is 4.